The number of benzene rings is 3. The second-order valence-electron chi connectivity index (χ2n) is 10.9. The number of aryl methyl sites for hydroxylation is 2. The lowest BCUT2D eigenvalue weighted by Gasteiger charge is -2.18. The predicted molar refractivity (Wildman–Crippen MR) is 161 cm³/mol. The van der Waals surface area contributed by atoms with E-state index in [2.05, 4.69) is 28.9 Å². The van der Waals surface area contributed by atoms with Crippen LogP contribution in [0.2, 0.25) is 0 Å². The molecular weight excluding hydrogens is 788 g/mol. The molecule has 3 aromatic carbocycles. The van der Waals surface area contributed by atoms with Crippen LogP contribution in [0.5, 0.6) is 23.0 Å². The number of hydrogen-bond donors (Lipinski definition) is 0. The second-order valence-corrected chi connectivity index (χ2v) is 10.9. The summed E-state index contributed by atoms with van der Waals surface area (Å²) in [7, 11) is 2.16. The predicted octanol–water partition coefficient (Wildman–Crippen LogP) is 6.78. The number of hydrogen-bond acceptors (Lipinski definition) is 10. The molecular formula is C32H12F12N8O4. The normalized spacial score (nSPS) is 12.0. The second kappa shape index (κ2) is 13.8. The lowest BCUT2D eigenvalue weighted by atomic mass is 9.94. The Morgan fingerprint density at radius 3 is 0.946 bits per heavy atom. The van der Waals surface area contributed by atoms with E-state index in [0.717, 1.165) is 23.2 Å². The fourth-order valence-corrected chi connectivity index (χ4v) is 5.59. The molecule has 0 bridgehead atoms. The summed E-state index contributed by atoms with van der Waals surface area (Å²) in [6.45, 7) is 0. The molecule has 0 amide bonds. The molecule has 0 atom stereocenters. The van der Waals surface area contributed by atoms with Crippen LogP contribution in [0.4, 0.5) is 52.7 Å². The van der Waals surface area contributed by atoms with Crippen molar-refractivity contribution in [3.63, 3.8) is 0 Å². The molecule has 0 saturated heterocycles. The summed E-state index contributed by atoms with van der Waals surface area (Å²) in [6, 6.07) is 8.60. The van der Waals surface area contributed by atoms with E-state index in [-0.39, 0.29) is 12.1 Å². The molecule has 0 aliphatic rings. The summed E-state index contributed by atoms with van der Waals surface area (Å²) in [5.74, 6) is -5.25. The number of halogens is 12. The lowest BCUT2D eigenvalue weighted by Crippen LogP contribution is -2.19. The molecule has 0 saturated carbocycles. The number of nitrogens with zero attached hydrogens (tertiary/aromatic N) is 8. The minimum absolute atomic E-state index is 0.203. The van der Waals surface area contributed by atoms with Crippen LogP contribution in [0.25, 0.3) is 55.5 Å². The van der Waals surface area contributed by atoms with Crippen molar-refractivity contribution in [3.8, 4) is 69.5 Å². The molecule has 56 heavy (non-hydrogen) atoms. The van der Waals surface area contributed by atoms with Crippen molar-refractivity contribution in [3.05, 3.63) is 47.4 Å². The average Bonchev–Trinajstić information content (AvgIpc) is 3.54. The molecule has 2 heterocycles. The van der Waals surface area contributed by atoms with Crippen LogP contribution in [-0.2, 0) is 14.1 Å². The highest BCUT2D eigenvalue weighted by Gasteiger charge is 2.37. The Morgan fingerprint density at radius 2 is 0.732 bits per heavy atom. The highest BCUT2D eigenvalue weighted by molar-refractivity contribution is 6.18. The van der Waals surface area contributed by atoms with Gasteiger partial charge in [-0.15, -0.1) is 52.7 Å². The summed E-state index contributed by atoms with van der Waals surface area (Å²) in [4.78, 5) is 8.46. The van der Waals surface area contributed by atoms with Crippen molar-refractivity contribution in [2.45, 2.75) is 25.4 Å². The molecule has 12 nitrogen and oxygen atoms in total. The van der Waals surface area contributed by atoms with Gasteiger partial charge in [0.15, 0.2) is 22.1 Å². The van der Waals surface area contributed by atoms with Gasteiger partial charge >= 0.3 is 25.4 Å². The number of imidazole rings is 2. The van der Waals surface area contributed by atoms with E-state index in [4.69, 9.17) is 0 Å². The van der Waals surface area contributed by atoms with Gasteiger partial charge in [0, 0.05) is 37.4 Å². The molecule has 24 heteroatoms. The van der Waals surface area contributed by atoms with Gasteiger partial charge in [-0.05, 0) is 35.4 Å². The summed E-state index contributed by atoms with van der Waals surface area (Å²) < 4.78 is 178. The number of fused-ring (bicyclic) bond motifs is 2. The van der Waals surface area contributed by atoms with Gasteiger partial charge < -0.3 is 28.1 Å². The van der Waals surface area contributed by atoms with Crippen molar-refractivity contribution in [1.82, 2.24) is 19.1 Å². The van der Waals surface area contributed by atoms with Crippen molar-refractivity contribution in [2.24, 2.45) is 14.1 Å². The number of nitriles is 4. The van der Waals surface area contributed by atoms with E-state index < -0.39 is 115 Å². The van der Waals surface area contributed by atoms with E-state index in [1.807, 2.05) is 0 Å². The SMILES string of the molecule is Cn1c(=C(C#N)C#N)nc2c(-c3cc(OC(F)(F)F)cc(OC(F)(F)F)c3)c3c(nc(=C(C#N)C#N)n3C)c(-c3cc(OC(F)(F)F)cc(OC(F)(F)F)c3)c21. The summed E-state index contributed by atoms with van der Waals surface area (Å²) >= 11 is 0. The Hall–Kier alpha value is -7.34. The van der Waals surface area contributed by atoms with Gasteiger partial charge in [-0.1, -0.05) is 0 Å². The Balaban J connectivity index is 2.14. The monoisotopic (exact) mass is 800 g/mol. The Morgan fingerprint density at radius 1 is 0.482 bits per heavy atom. The molecule has 0 N–H and O–H groups in total. The highest BCUT2D eigenvalue weighted by atomic mass is 19.4. The molecule has 0 aliphatic carbocycles. The maximum atomic E-state index is 13.4. The molecule has 5 rings (SSSR count). The van der Waals surface area contributed by atoms with Gasteiger partial charge in [0.1, 0.15) is 47.3 Å². The van der Waals surface area contributed by atoms with E-state index >= 15 is 0 Å². The minimum atomic E-state index is -5.51. The third kappa shape index (κ3) is 8.24. The fraction of sp³-hybridized carbons (Fsp3) is 0.188. The van der Waals surface area contributed by atoms with Crippen LogP contribution >= 0.6 is 0 Å². The van der Waals surface area contributed by atoms with Crippen LogP contribution in [-0.4, -0.2) is 44.6 Å². The quantitative estimate of drug-likeness (QED) is 0.167. The third-order valence-electron chi connectivity index (χ3n) is 7.30. The van der Waals surface area contributed by atoms with Gasteiger partial charge in [0.2, 0.25) is 0 Å². The molecule has 288 valence electrons. The van der Waals surface area contributed by atoms with E-state index in [9.17, 15) is 73.7 Å². The third-order valence-corrected chi connectivity index (χ3v) is 7.30. The van der Waals surface area contributed by atoms with E-state index in [1.54, 1.807) is 0 Å². The van der Waals surface area contributed by atoms with E-state index in [0.29, 0.717) is 24.3 Å². The zero-order valence-electron chi connectivity index (χ0n) is 27.2. The van der Waals surface area contributed by atoms with Gasteiger partial charge in [-0.3, -0.25) is 0 Å². The maximum Gasteiger partial charge on any atom is 0.573 e. The van der Waals surface area contributed by atoms with Crippen molar-refractivity contribution in [1.29, 1.82) is 21.0 Å². The smallest absolute Gasteiger partial charge is 0.406 e. The number of alkyl halides is 12. The first-order chi connectivity index (χ1) is 25.9. The first-order valence-corrected chi connectivity index (χ1v) is 14.4. The topological polar surface area (TPSA) is 168 Å². The minimum Gasteiger partial charge on any atom is -0.406 e. The van der Waals surface area contributed by atoms with Gasteiger partial charge in [0.25, 0.3) is 0 Å². The molecule has 0 unspecified atom stereocenters. The molecule has 0 fully saturated rings. The number of ether oxygens (including phenoxy) is 4. The van der Waals surface area contributed by atoms with Crippen LogP contribution in [0.1, 0.15) is 0 Å². The molecule has 5 aromatic rings. The molecule has 2 aromatic heterocycles. The van der Waals surface area contributed by atoms with E-state index in [1.165, 1.54) is 24.3 Å². The molecule has 0 aliphatic heterocycles. The van der Waals surface area contributed by atoms with Crippen LogP contribution in [0.3, 0.4) is 0 Å². The van der Waals surface area contributed by atoms with Crippen LogP contribution < -0.4 is 29.9 Å². The first-order valence-electron chi connectivity index (χ1n) is 14.4. The maximum absolute atomic E-state index is 13.4. The van der Waals surface area contributed by atoms with Gasteiger partial charge in [-0.25, -0.2) is 9.97 Å². The van der Waals surface area contributed by atoms with Crippen molar-refractivity contribution >= 4 is 33.2 Å². The largest absolute Gasteiger partial charge is 0.573 e. The van der Waals surface area contributed by atoms with Crippen molar-refractivity contribution < 1.29 is 71.6 Å². The summed E-state index contributed by atoms with van der Waals surface area (Å²) in [5.41, 5.74) is -7.27. The Bertz CT molecular complexity index is 2450. The van der Waals surface area contributed by atoms with Crippen molar-refractivity contribution in [2.75, 3.05) is 0 Å². The summed E-state index contributed by atoms with van der Waals surface area (Å²) in [6.07, 6.45) is -22.0. The zero-order chi connectivity index (χ0) is 41.7. The Labute approximate surface area is 301 Å². The Kier molecular flexibility index (Phi) is 9.83. The van der Waals surface area contributed by atoms with Crippen LogP contribution in [0.15, 0.2) is 36.4 Å². The number of aromatic nitrogens is 4. The first kappa shape index (κ1) is 39.9. The zero-order valence-corrected chi connectivity index (χ0v) is 27.2. The molecule has 0 radical (unpaired) electrons. The highest BCUT2D eigenvalue weighted by Crippen LogP contribution is 2.46. The fourth-order valence-electron chi connectivity index (χ4n) is 5.59. The lowest BCUT2D eigenvalue weighted by molar-refractivity contribution is -0.278. The standard InChI is InChI=1S/C32H12F12N8O4/c1-51-25-21(13-3-17(53-29(33,34)35)7-18(4-13)54-30(36,37)38)24-26(52(2)28(50-24)16(11-47)12-48)22(23(25)49-27(51)15(9-45)10-46)14-5-19(55-31(39,40)41)8-20(6-14)56-32(42,43)44/h3-8H,1-2H3. The van der Waals surface area contributed by atoms with Gasteiger partial charge in [-0.2, -0.15) is 21.0 Å². The van der Waals surface area contributed by atoms with Gasteiger partial charge in [0.05, 0.1) is 22.1 Å². The number of rotatable bonds is 6. The molecule has 0 spiro atoms. The van der Waals surface area contributed by atoms with Crippen LogP contribution in [0, 0.1) is 45.3 Å². The average molecular weight is 800 g/mol. The summed E-state index contributed by atoms with van der Waals surface area (Å²) in [5, 5.41) is 38.8.